The van der Waals surface area contributed by atoms with Gasteiger partial charge in [-0.25, -0.2) is 0 Å². The van der Waals surface area contributed by atoms with Gasteiger partial charge in [0.15, 0.2) is 0 Å². The lowest BCUT2D eigenvalue weighted by Gasteiger charge is -2.28. The van der Waals surface area contributed by atoms with Crippen LogP contribution in [0, 0.1) is 0 Å². The lowest BCUT2D eigenvalue weighted by atomic mass is 10.2. The van der Waals surface area contributed by atoms with E-state index in [1.54, 1.807) is 0 Å². The Morgan fingerprint density at radius 2 is 2.07 bits per heavy atom. The van der Waals surface area contributed by atoms with Crippen LogP contribution in [-0.4, -0.2) is 41.9 Å². The Kier molecular flexibility index (Phi) is 7.19. The van der Waals surface area contributed by atoms with Crippen molar-refractivity contribution in [3.63, 3.8) is 0 Å². The summed E-state index contributed by atoms with van der Waals surface area (Å²) in [6.45, 7) is 8.07. The Morgan fingerprint density at radius 1 is 1.50 bits per heavy atom. The fourth-order valence-corrected chi connectivity index (χ4v) is 1.85. The van der Waals surface area contributed by atoms with Gasteiger partial charge in [0.2, 0.25) is 0 Å². The van der Waals surface area contributed by atoms with Crippen LogP contribution in [-0.2, 0) is 9.53 Å². The third-order valence-electron chi connectivity index (χ3n) is 2.47. The number of rotatable bonds is 6. The summed E-state index contributed by atoms with van der Waals surface area (Å²) < 4.78 is 4.66. The van der Waals surface area contributed by atoms with Crippen molar-refractivity contribution in [1.29, 1.82) is 0 Å². The minimum atomic E-state index is -0.221. The average molecular weight is 266 g/mol. The van der Waals surface area contributed by atoms with Crippen LogP contribution in [0.15, 0.2) is 0 Å². The van der Waals surface area contributed by atoms with Crippen LogP contribution >= 0.6 is 15.9 Å². The van der Waals surface area contributed by atoms with Gasteiger partial charge in [-0.3, -0.25) is 9.69 Å². The molecule has 0 aliphatic heterocycles. The molecule has 14 heavy (non-hydrogen) atoms. The number of alkyl halides is 1. The molecule has 0 aromatic heterocycles. The highest BCUT2D eigenvalue weighted by Gasteiger charge is 2.20. The molecular formula is C10H20BrNO2. The number of methoxy groups -OCH3 is 1. The summed E-state index contributed by atoms with van der Waals surface area (Å²) in [5.74, 6) is -0.202. The van der Waals surface area contributed by atoms with Gasteiger partial charge in [-0.2, -0.15) is 0 Å². The van der Waals surface area contributed by atoms with Crippen LogP contribution in [0.1, 0.15) is 27.2 Å². The molecule has 0 saturated heterocycles. The summed E-state index contributed by atoms with van der Waals surface area (Å²) >= 11 is 3.33. The third-order valence-corrected chi connectivity index (χ3v) is 3.14. The lowest BCUT2D eigenvalue weighted by molar-refractivity contribution is -0.140. The normalized spacial score (nSPS) is 15.3. The Morgan fingerprint density at radius 3 is 2.43 bits per heavy atom. The molecule has 0 spiro atoms. The Balaban J connectivity index is 4.10. The average Bonchev–Trinajstić information content (AvgIpc) is 2.22. The summed E-state index contributed by atoms with van der Waals surface area (Å²) in [7, 11) is 1.41. The quantitative estimate of drug-likeness (QED) is 0.544. The molecule has 0 saturated carbocycles. The van der Waals surface area contributed by atoms with Crippen LogP contribution < -0.4 is 0 Å². The predicted octanol–water partition coefficient (Wildman–Crippen LogP) is 2.04. The van der Waals surface area contributed by atoms with Gasteiger partial charge in [0.25, 0.3) is 0 Å². The molecule has 0 fully saturated rings. The van der Waals surface area contributed by atoms with E-state index in [0.717, 1.165) is 13.0 Å². The third kappa shape index (κ3) is 4.42. The summed E-state index contributed by atoms with van der Waals surface area (Å²) in [5, 5.41) is 0. The Labute approximate surface area is 94.9 Å². The van der Waals surface area contributed by atoms with Crippen molar-refractivity contribution in [3.05, 3.63) is 0 Å². The molecule has 0 heterocycles. The van der Waals surface area contributed by atoms with Crippen molar-refractivity contribution in [3.8, 4) is 0 Å². The maximum absolute atomic E-state index is 11.2. The number of ether oxygens (including phenoxy) is 1. The summed E-state index contributed by atoms with van der Waals surface area (Å²) in [4.78, 5) is 13.2. The summed E-state index contributed by atoms with van der Waals surface area (Å²) in [6.07, 6.45) is 1.09. The zero-order valence-electron chi connectivity index (χ0n) is 9.42. The number of halogens is 1. The minimum absolute atomic E-state index is 0.202. The van der Waals surface area contributed by atoms with E-state index in [1.165, 1.54) is 7.11 Å². The van der Waals surface area contributed by atoms with E-state index >= 15 is 0 Å². The molecule has 0 aromatic carbocycles. The van der Waals surface area contributed by atoms with Crippen molar-refractivity contribution < 1.29 is 9.53 Å². The van der Waals surface area contributed by atoms with E-state index in [9.17, 15) is 4.79 Å². The number of hydrogen-bond donors (Lipinski definition) is 0. The molecule has 2 atom stereocenters. The number of nitrogens with zero attached hydrogens (tertiary/aromatic N) is 1. The number of hydrogen-bond acceptors (Lipinski definition) is 3. The second kappa shape index (κ2) is 7.23. The van der Waals surface area contributed by atoms with Crippen LogP contribution in [0.25, 0.3) is 0 Å². The van der Waals surface area contributed by atoms with Gasteiger partial charge in [-0.05, 0) is 19.9 Å². The molecule has 0 rings (SSSR count). The van der Waals surface area contributed by atoms with Gasteiger partial charge in [-0.1, -0.05) is 29.8 Å². The zero-order chi connectivity index (χ0) is 11.1. The monoisotopic (exact) mass is 265 g/mol. The molecule has 0 aliphatic rings. The Bertz CT molecular complexity index is 176. The summed E-state index contributed by atoms with van der Waals surface area (Å²) in [6, 6.07) is 0.504. The molecule has 0 bridgehead atoms. The number of carbonyl (C=O) groups excluding carboxylic acids is 1. The fraction of sp³-hybridized carbons (Fsp3) is 0.900. The minimum Gasteiger partial charge on any atom is -0.468 e. The Hall–Kier alpha value is -0.0900. The fourth-order valence-electron chi connectivity index (χ4n) is 1.29. The second-order valence-corrected chi connectivity index (χ2v) is 4.44. The predicted molar refractivity (Wildman–Crippen MR) is 61.7 cm³/mol. The lowest BCUT2D eigenvalue weighted by Crippen LogP contribution is -2.39. The maximum atomic E-state index is 11.2. The second-order valence-electron chi connectivity index (χ2n) is 3.34. The first-order valence-electron chi connectivity index (χ1n) is 5.02. The molecule has 0 N–H and O–H groups in total. The van der Waals surface area contributed by atoms with Gasteiger partial charge in [-0.15, -0.1) is 0 Å². The van der Waals surface area contributed by atoms with E-state index in [0.29, 0.717) is 12.6 Å². The first kappa shape index (κ1) is 13.9. The van der Waals surface area contributed by atoms with Gasteiger partial charge in [0, 0.05) is 12.6 Å². The molecule has 0 amide bonds. The van der Waals surface area contributed by atoms with Crippen molar-refractivity contribution >= 4 is 21.9 Å². The van der Waals surface area contributed by atoms with Crippen molar-refractivity contribution in [2.24, 2.45) is 0 Å². The SMILES string of the molecule is CCC(C)N(CC)CC(Br)C(=O)OC. The smallest absolute Gasteiger partial charge is 0.320 e. The van der Waals surface area contributed by atoms with Crippen LogP contribution in [0.5, 0.6) is 0 Å². The van der Waals surface area contributed by atoms with Gasteiger partial charge in [0.1, 0.15) is 4.83 Å². The number of carbonyl (C=O) groups is 1. The zero-order valence-corrected chi connectivity index (χ0v) is 11.0. The molecule has 0 aromatic rings. The molecule has 0 aliphatic carbocycles. The standard InChI is InChI=1S/C10H20BrNO2/c1-5-8(3)12(6-2)7-9(11)10(13)14-4/h8-9H,5-7H2,1-4H3. The van der Waals surface area contributed by atoms with Crippen molar-refractivity contribution in [1.82, 2.24) is 4.90 Å². The highest BCUT2D eigenvalue weighted by molar-refractivity contribution is 9.10. The number of esters is 1. The van der Waals surface area contributed by atoms with Gasteiger partial charge in [0.05, 0.1) is 7.11 Å². The molecule has 84 valence electrons. The summed E-state index contributed by atoms with van der Waals surface area (Å²) in [5.41, 5.74) is 0. The van der Waals surface area contributed by atoms with E-state index in [4.69, 9.17) is 0 Å². The van der Waals surface area contributed by atoms with Gasteiger partial charge < -0.3 is 4.74 Å². The first-order chi connectivity index (χ1) is 6.56. The highest BCUT2D eigenvalue weighted by Crippen LogP contribution is 2.09. The van der Waals surface area contributed by atoms with Crippen molar-refractivity contribution in [2.75, 3.05) is 20.2 Å². The molecular weight excluding hydrogens is 246 g/mol. The van der Waals surface area contributed by atoms with Crippen LogP contribution in [0.3, 0.4) is 0 Å². The van der Waals surface area contributed by atoms with Crippen molar-refractivity contribution in [2.45, 2.75) is 38.1 Å². The molecule has 4 heteroatoms. The van der Waals surface area contributed by atoms with E-state index in [1.807, 2.05) is 0 Å². The first-order valence-corrected chi connectivity index (χ1v) is 5.94. The largest absolute Gasteiger partial charge is 0.468 e. The molecule has 2 unspecified atom stereocenters. The maximum Gasteiger partial charge on any atom is 0.320 e. The molecule has 3 nitrogen and oxygen atoms in total. The van der Waals surface area contributed by atoms with E-state index in [2.05, 4.69) is 46.3 Å². The highest BCUT2D eigenvalue weighted by atomic mass is 79.9. The van der Waals surface area contributed by atoms with E-state index in [-0.39, 0.29) is 10.8 Å². The topological polar surface area (TPSA) is 29.5 Å². The van der Waals surface area contributed by atoms with Crippen LogP contribution in [0.4, 0.5) is 0 Å². The van der Waals surface area contributed by atoms with E-state index < -0.39 is 0 Å². The van der Waals surface area contributed by atoms with Gasteiger partial charge >= 0.3 is 5.97 Å². The van der Waals surface area contributed by atoms with Crippen LogP contribution in [0.2, 0.25) is 0 Å². The molecule has 0 radical (unpaired) electrons.